The normalized spacial score (nSPS) is 12.2. The highest BCUT2D eigenvalue weighted by atomic mass is 19.4. The fourth-order valence-corrected chi connectivity index (χ4v) is 2.54. The van der Waals surface area contributed by atoms with Gasteiger partial charge in [0.2, 0.25) is 0 Å². The molecular weight excluding hydrogens is 319 g/mol. The van der Waals surface area contributed by atoms with Crippen LogP contribution in [-0.2, 0) is 11.7 Å². The summed E-state index contributed by atoms with van der Waals surface area (Å²) >= 11 is 0. The average molecular weight is 339 g/mol. The molecule has 3 nitrogen and oxygen atoms in total. The van der Waals surface area contributed by atoms with Crippen molar-refractivity contribution >= 4 is 0 Å². The number of halogens is 3. The molecule has 0 aromatic heterocycles. The van der Waals surface area contributed by atoms with Crippen LogP contribution < -0.4 is 10.5 Å². The maximum atomic E-state index is 13.5. The molecule has 0 spiro atoms. The Morgan fingerprint density at radius 3 is 1.96 bits per heavy atom. The van der Waals surface area contributed by atoms with Crippen molar-refractivity contribution in [3.8, 4) is 17.2 Å². The van der Waals surface area contributed by atoms with Gasteiger partial charge >= 0.3 is 6.18 Å². The lowest BCUT2D eigenvalue weighted by atomic mass is 9.82. The molecule has 2 aromatic rings. The molecule has 0 bridgehead atoms. The summed E-state index contributed by atoms with van der Waals surface area (Å²) in [5, 5.41) is 9.24. The Labute approximate surface area is 138 Å². The third-order valence-corrected chi connectivity index (χ3v) is 4.17. The predicted molar refractivity (Wildman–Crippen MR) is 86.1 cm³/mol. The molecule has 0 aliphatic rings. The van der Waals surface area contributed by atoms with Gasteiger partial charge in [-0.25, -0.2) is 0 Å². The van der Waals surface area contributed by atoms with Gasteiger partial charge in [-0.15, -0.1) is 0 Å². The Hall–Kier alpha value is -2.21. The number of hydrogen-bond acceptors (Lipinski definition) is 3. The third-order valence-electron chi connectivity index (χ3n) is 4.17. The lowest BCUT2D eigenvalue weighted by Gasteiger charge is -2.30. The molecule has 0 saturated carbocycles. The number of ether oxygens (including phenoxy) is 1. The van der Waals surface area contributed by atoms with E-state index in [1.807, 2.05) is 0 Å². The van der Waals surface area contributed by atoms with E-state index in [0.29, 0.717) is 18.6 Å². The van der Waals surface area contributed by atoms with Crippen molar-refractivity contribution in [3.05, 3.63) is 53.6 Å². The smallest absolute Gasteiger partial charge is 0.416 e. The van der Waals surface area contributed by atoms with Crippen LogP contribution in [0.15, 0.2) is 42.5 Å². The van der Waals surface area contributed by atoms with Crippen LogP contribution in [0.3, 0.4) is 0 Å². The minimum Gasteiger partial charge on any atom is -0.508 e. The van der Waals surface area contributed by atoms with Crippen molar-refractivity contribution in [3.63, 3.8) is 0 Å². The van der Waals surface area contributed by atoms with Gasteiger partial charge in [-0.05, 0) is 54.8 Å². The molecule has 0 unspecified atom stereocenters. The molecule has 3 N–H and O–H groups in total. The van der Waals surface area contributed by atoms with Gasteiger partial charge in [0.15, 0.2) is 0 Å². The van der Waals surface area contributed by atoms with Crippen LogP contribution in [0.4, 0.5) is 13.2 Å². The summed E-state index contributed by atoms with van der Waals surface area (Å²) in [6.07, 6.45) is -3.74. The maximum Gasteiger partial charge on any atom is 0.416 e. The second kappa shape index (κ2) is 6.73. The number of alkyl halides is 3. The monoisotopic (exact) mass is 339 g/mol. The van der Waals surface area contributed by atoms with Crippen LogP contribution in [0.1, 0.15) is 37.8 Å². The van der Waals surface area contributed by atoms with Crippen LogP contribution in [0.5, 0.6) is 17.2 Å². The van der Waals surface area contributed by atoms with E-state index in [2.05, 4.69) is 0 Å². The molecule has 6 heteroatoms. The van der Waals surface area contributed by atoms with E-state index >= 15 is 0 Å². The number of phenolic OH excluding ortho intramolecular Hbond substituents is 1. The summed E-state index contributed by atoms with van der Waals surface area (Å²) in [4.78, 5) is 0. The van der Waals surface area contributed by atoms with E-state index in [1.165, 1.54) is 36.4 Å². The summed E-state index contributed by atoms with van der Waals surface area (Å²) in [7, 11) is 0. The van der Waals surface area contributed by atoms with Gasteiger partial charge in [-0.3, -0.25) is 0 Å². The van der Waals surface area contributed by atoms with Gasteiger partial charge in [-0.2, -0.15) is 13.2 Å². The van der Waals surface area contributed by atoms with Crippen LogP contribution >= 0.6 is 0 Å². The lowest BCUT2D eigenvalue weighted by Crippen LogP contribution is -2.37. The minimum absolute atomic E-state index is 0.0486. The van der Waals surface area contributed by atoms with Crippen molar-refractivity contribution < 1.29 is 23.0 Å². The highest BCUT2D eigenvalue weighted by Crippen LogP contribution is 2.40. The summed E-state index contributed by atoms with van der Waals surface area (Å²) < 4.78 is 45.9. The number of rotatable bonds is 5. The molecule has 0 aliphatic carbocycles. The first-order valence-corrected chi connectivity index (χ1v) is 7.67. The van der Waals surface area contributed by atoms with E-state index in [9.17, 15) is 18.3 Å². The SMILES string of the molecule is CCC(N)(CC)c1ccc(Oc2ccc(O)cc2)cc1C(F)(F)F. The topological polar surface area (TPSA) is 55.5 Å². The van der Waals surface area contributed by atoms with E-state index in [0.717, 1.165) is 6.07 Å². The van der Waals surface area contributed by atoms with Crippen LogP contribution in [0.25, 0.3) is 0 Å². The molecule has 0 aliphatic heterocycles. The molecule has 0 radical (unpaired) electrons. The molecule has 130 valence electrons. The van der Waals surface area contributed by atoms with E-state index in [-0.39, 0.29) is 17.1 Å². The van der Waals surface area contributed by atoms with Gasteiger partial charge < -0.3 is 15.6 Å². The van der Waals surface area contributed by atoms with Gasteiger partial charge in [0.1, 0.15) is 17.2 Å². The van der Waals surface area contributed by atoms with E-state index in [1.54, 1.807) is 13.8 Å². The molecule has 0 heterocycles. The van der Waals surface area contributed by atoms with Gasteiger partial charge in [0.25, 0.3) is 0 Å². The number of hydrogen-bond donors (Lipinski definition) is 2. The molecular formula is C18H20F3NO2. The van der Waals surface area contributed by atoms with Crippen molar-refractivity contribution in [2.75, 3.05) is 0 Å². The molecule has 2 aromatic carbocycles. The fraction of sp³-hybridized carbons (Fsp3) is 0.333. The maximum absolute atomic E-state index is 13.5. The Morgan fingerprint density at radius 1 is 0.917 bits per heavy atom. The summed E-state index contributed by atoms with van der Waals surface area (Å²) in [6.45, 7) is 3.54. The van der Waals surface area contributed by atoms with Crippen molar-refractivity contribution in [2.45, 2.75) is 38.4 Å². The Kier molecular flexibility index (Phi) is 5.08. The summed E-state index contributed by atoms with van der Waals surface area (Å²) in [5.41, 5.74) is 4.41. The Morgan fingerprint density at radius 2 is 1.46 bits per heavy atom. The number of nitrogens with two attached hydrogens (primary N) is 1. The summed E-state index contributed by atoms with van der Waals surface area (Å²) in [5.74, 6) is 0.442. The zero-order valence-electron chi connectivity index (χ0n) is 13.5. The molecule has 0 fully saturated rings. The fourth-order valence-electron chi connectivity index (χ4n) is 2.54. The zero-order chi connectivity index (χ0) is 18.0. The lowest BCUT2D eigenvalue weighted by molar-refractivity contribution is -0.139. The molecule has 0 saturated heterocycles. The highest BCUT2D eigenvalue weighted by Gasteiger charge is 2.39. The largest absolute Gasteiger partial charge is 0.508 e. The average Bonchev–Trinajstić information content (AvgIpc) is 2.55. The first kappa shape index (κ1) is 18.1. The van der Waals surface area contributed by atoms with Gasteiger partial charge in [-0.1, -0.05) is 19.9 Å². The molecule has 0 amide bonds. The van der Waals surface area contributed by atoms with Gasteiger partial charge in [0.05, 0.1) is 5.56 Å². The third kappa shape index (κ3) is 3.82. The van der Waals surface area contributed by atoms with Crippen LogP contribution in [-0.4, -0.2) is 5.11 Å². The van der Waals surface area contributed by atoms with Crippen LogP contribution in [0.2, 0.25) is 0 Å². The second-order valence-electron chi connectivity index (χ2n) is 5.66. The number of phenols is 1. The van der Waals surface area contributed by atoms with Crippen molar-refractivity contribution in [1.82, 2.24) is 0 Å². The predicted octanol–water partition coefficient (Wildman–Crippen LogP) is 5.18. The van der Waals surface area contributed by atoms with Gasteiger partial charge in [0, 0.05) is 5.54 Å². The van der Waals surface area contributed by atoms with E-state index in [4.69, 9.17) is 10.5 Å². The first-order valence-electron chi connectivity index (χ1n) is 7.67. The molecule has 2 rings (SSSR count). The van der Waals surface area contributed by atoms with E-state index < -0.39 is 17.3 Å². The van der Waals surface area contributed by atoms with Crippen molar-refractivity contribution in [2.24, 2.45) is 5.73 Å². The second-order valence-corrected chi connectivity index (χ2v) is 5.66. The number of benzene rings is 2. The summed E-state index contributed by atoms with van der Waals surface area (Å²) in [6, 6.07) is 9.57. The highest BCUT2D eigenvalue weighted by molar-refractivity contribution is 5.43. The number of aromatic hydroxyl groups is 1. The molecule has 24 heavy (non-hydrogen) atoms. The zero-order valence-corrected chi connectivity index (χ0v) is 13.5. The van der Waals surface area contributed by atoms with Crippen molar-refractivity contribution in [1.29, 1.82) is 0 Å². The Balaban J connectivity index is 2.45. The molecule has 0 atom stereocenters. The first-order chi connectivity index (χ1) is 11.2. The Bertz CT molecular complexity index is 692. The minimum atomic E-state index is -4.53. The standard InChI is InChI=1S/C18H20F3NO2/c1-3-17(22,4-2)15-10-9-14(11-16(15)18(19,20)21)24-13-7-5-12(23)6-8-13/h5-11,23H,3-4,22H2,1-2H3. The quantitative estimate of drug-likeness (QED) is 0.789. The van der Waals surface area contributed by atoms with Crippen LogP contribution in [0, 0.1) is 0 Å².